The van der Waals surface area contributed by atoms with E-state index in [2.05, 4.69) is 37.9 Å². The second kappa shape index (κ2) is 5.34. The number of nitrogens with zero attached hydrogens (tertiary/aromatic N) is 2. The molecule has 0 spiro atoms. The van der Waals surface area contributed by atoms with Crippen molar-refractivity contribution in [2.24, 2.45) is 0 Å². The van der Waals surface area contributed by atoms with Gasteiger partial charge in [-0.25, -0.2) is 4.98 Å². The van der Waals surface area contributed by atoms with Gasteiger partial charge in [-0.2, -0.15) is 5.26 Å². The number of ether oxygens (including phenoxy) is 1. The number of benzene rings is 1. The Hall–Kier alpha value is -2.34. The van der Waals surface area contributed by atoms with E-state index in [1.807, 2.05) is 19.1 Å². The van der Waals surface area contributed by atoms with Crippen LogP contribution in [0.1, 0.15) is 37.6 Å². The van der Waals surface area contributed by atoms with Gasteiger partial charge in [0.05, 0.1) is 0 Å². The van der Waals surface area contributed by atoms with Crippen molar-refractivity contribution in [2.75, 3.05) is 0 Å². The average Bonchev–Trinajstić information content (AvgIpc) is 2.40. The van der Waals surface area contributed by atoms with Gasteiger partial charge in [-0.1, -0.05) is 39.0 Å². The fourth-order valence-corrected chi connectivity index (χ4v) is 1.88. The average molecular weight is 266 g/mol. The van der Waals surface area contributed by atoms with Crippen LogP contribution in [0.25, 0.3) is 0 Å². The number of pyridine rings is 1. The Morgan fingerprint density at radius 1 is 1.15 bits per heavy atom. The van der Waals surface area contributed by atoms with Gasteiger partial charge in [0.1, 0.15) is 17.5 Å². The standard InChI is InChI=1S/C17H18N2O/c1-12-10-13(17(2,3)4)8-9-15(12)20-16-7-5-6-14(11-18)19-16/h5-10H,1-4H3. The van der Waals surface area contributed by atoms with E-state index in [9.17, 15) is 0 Å². The first-order valence-corrected chi connectivity index (χ1v) is 6.56. The summed E-state index contributed by atoms with van der Waals surface area (Å²) in [6.07, 6.45) is 0. The molecule has 0 aliphatic heterocycles. The Kier molecular flexibility index (Phi) is 3.76. The summed E-state index contributed by atoms with van der Waals surface area (Å²) in [4.78, 5) is 4.12. The highest BCUT2D eigenvalue weighted by atomic mass is 16.5. The van der Waals surface area contributed by atoms with Gasteiger partial charge in [-0.15, -0.1) is 0 Å². The van der Waals surface area contributed by atoms with Gasteiger partial charge in [0.25, 0.3) is 0 Å². The third-order valence-electron chi connectivity index (χ3n) is 3.09. The maximum atomic E-state index is 8.84. The number of aromatic nitrogens is 1. The lowest BCUT2D eigenvalue weighted by Gasteiger charge is -2.20. The highest BCUT2D eigenvalue weighted by Gasteiger charge is 2.15. The van der Waals surface area contributed by atoms with Gasteiger partial charge in [0.15, 0.2) is 0 Å². The molecule has 0 unspecified atom stereocenters. The number of rotatable bonds is 2. The van der Waals surface area contributed by atoms with E-state index in [-0.39, 0.29) is 5.41 Å². The molecule has 1 heterocycles. The minimum Gasteiger partial charge on any atom is -0.439 e. The quantitative estimate of drug-likeness (QED) is 0.811. The fraction of sp³-hybridized carbons (Fsp3) is 0.294. The molecule has 1 aromatic heterocycles. The van der Waals surface area contributed by atoms with Gasteiger partial charge in [0, 0.05) is 6.07 Å². The molecule has 102 valence electrons. The Labute approximate surface area is 119 Å². The largest absolute Gasteiger partial charge is 0.439 e. The molecule has 0 radical (unpaired) electrons. The van der Waals surface area contributed by atoms with Crippen molar-refractivity contribution >= 4 is 0 Å². The Morgan fingerprint density at radius 3 is 2.50 bits per heavy atom. The van der Waals surface area contributed by atoms with Crippen LogP contribution >= 0.6 is 0 Å². The molecule has 0 N–H and O–H groups in total. The van der Waals surface area contributed by atoms with E-state index >= 15 is 0 Å². The zero-order chi connectivity index (χ0) is 14.8. The van der Waals surface area contributed by atoms with E-state index in [1.165, 1.54) is 5.56 Å². The topological polar surface area (TPSA) is 45.9 Å². The third kappa shape index (κ3) is 3.16. The number of aryl methyl sites for hydroxylation is 1. The molecular formula is C17H18N2O. The first-order chi connectivity index (χ1) is 9.40. The van der Waals surface area contributed by atoms with Crippen LogP contribution in [0.4, 0.5) is 0 Å². The summed E-state index contributed by atoms with van der Waals surface area (Å²) in [7, 11) is 0. The fourth-order valence-electron chi connectivity index (χ4n) is 1.88. The summed E-state index contributed by atoms with van der Waals surface area (Å²) in [6, 6.07) is 13.3. The maximum Gasteiger partial charge on any atom is 0.220 e. The van der Waals surface area contributed by atoms with Crippen molar-refractivity contribution in [3.8, 4) is 17.7 Å². The smallest absolute Gasteiger partial charge is 0.220 e. The molecule has 0 fully saturated rings. The van der Waals surface area contributed by atoms with Crippen molar-refractivity contribution in [1.82, 2.24) is 4.98 Å². The zero-order valence-corrected chi connectivity index (χ0v) is 12.3. The summed E-state index contributed by atoms with van der Waals surface area (Å²) < 4.78 is 5.76. The molecule has 2 rings (SSSR count). The molecule has 3 heteroatoms. The molecule has 3 nitrogen and oxygen atoms in total. The highest BCUT2D eigenvalue weighted by molar-refractivity contribution is 5.40. The lowest BCUT2D eigenvalue weighted by molar-refractivity contribution is 0.458. The molecule has 0 aliphatic rings. The van der Waals surface area contributed by atoms with Crippen LogP contribution in [0, 0.1) is 18.3 Å². The summed E-state index contributed by atoms with van der Waals surface area (Å²) in [5, 5.41) is 8.84. The Bertz CT molecular complexity index is 663. The van der Waals surface area contributed by atoms with Crippen molar-refractivity contribution in [3.05, 3.63) is 53.2 Å². The normalized spacial score (nSPS) is 10.9. The van der Waals surface area contributed by atoms with Crippen LogP contribution in [-0.2, 0) is 5.41 Å². The number of nitriles is 1. The van der Waals surface area contributed by atoms with Gasteiger partial charge >= 0.3 is 0 Å². The minimum atomic E-state index is 0.113. The third-order valence-corrected chi connectivity index (χ3v) is 3.09. The monoisotopic (exact) mass is 266 g/mol. The molecular weight excluding hydrogens is 248 g/mol. The molecule has 0 aliphatic carbocycles. The Balaban J connectivity index is 2.28. The molecule has 0 saturated heterocycles. The summed E-state index contributed by atoms with van der Waals surface area (Å²) >= 11 is 0. The second-order valence-electron chi connectivity index (χ2n) is 5.81. The number of hydrogen-bond acceptors (Lipinski definition) is 3. The van der Waals surface area contributed by atoms with Crippen LogP contribution in [-0.4, -0.2) is 4.98 Å². The maximum absolute atomic E-state index is 8.84. The van der Waals surface area contributed by atoms with Crippen LogP contribution in [0.15, 0.2) is 36.4 Å². The summed E-state index contributed by atoms with van der Waals surface area (Å²) in [6.45, 7) is 8.56. The first-order valence-electron chi connectivity index (χ1n) is 6.56. The van der Waals surface area contributed by atoms with E-state index in [4.69, 9.17) is 10.00 Å². The van der Waals surface area contributed by atoms with Gasteiger partial charge in [0.2, 0.25) is 5.88 Å². The van der Waals surface area contributed by atoms with Crippen molar-refractivity contribution in [2.45, 2.75) is 33.1 Å². The van der Waals surface area contributed by atoms with Crippen molar-refractivity contribution in [3.63, 3.8) is 0 Å². The van der Waals surface area contributed by atoms with Crippen LogP contribution in [0.3, 0.4) is 0 Å². The SMILES string of the molecule is Cc1cc(C(C)(C)C)ccc1Oc1cccc(C#N)n1. The second-order valence-corrected chi connectivity index (χ2v) is 5.81. The van der Waals surface area contributed by atoms with E-state index in [0.29, 0.717) is 11.6 Å². The lowest BCUT2D eigenvalue weighted by Crippen LogP contribution is -2.11. The summed E-state index contributed by atoms with van der Waals surface area (Å²) in [5.74, 6) is 1.20. The highest BCUT2D eigenvalue weighted by Crippen LogP contribution is 2.29. The molecule has 0 bridgehead atoms. The van der Waals surface area contributed by atoms with E-state index < -0.39 is 0 Å². The van der Waals surface area contributed by atoms with Crippen LogP contribution in [0.2, 0.25) is 0 Å². The molecule has 0 saturated carbocycles. The van der Waals surface area contributed by atoms with Crippen molar-refractivity contribution in [1.29, 1.82) is 5.26 Å². The number of hydrogen-bond donors (Lipinski definition) is 0. The molecule has 0 amide bonds. The molecule has 2 aromatic rings. The molecule has 20 heavy (non-hydrogen) atoms. The van der Waals surface area contributed by atoms with Gasteiger partial charge in [-0.3, -0.25) is 0 Å². The zero-order valence-electron chi connectivity index (χ0n) is 12.3. The van der Waals surface area contributed by atoms with Gasteiger partial charge in [-0.05, 0) is 35.6 Å². The van der Waals surface area contributed by atoms with E-state index in [1.54, 1.807) is 18.2 Å². The Morgan fingerprint density at radius 2 is 1.90 bits per heavy atom. The minimum absolute atomic E-state index is 0.113. The predicted molar refractivity (Wildman–Crippen MR) is 78.9 cm³/mol. The predicted octanol–water partition coefficient (Wildman–Crippen LogP) is 4.35. The lowest BCUT2D eigenvalue weighted by atomic mass is 9.86. The summed E-state index contributed by atoms with van der Waals surface area (Å²) in [5.41, 5.74) is 2.79. The van der Waals surface area contributed by atoms with Crippen LogP contribution in [0.5, 0.6) is 11.6 Å². The van der Waals surface area contributed by atoms with Gasteiger partial charge < -0.3 is 4.74 Å². The molecule has 0 atom stereocenters. The van der Waals surface area contributed by atoms with E-state index in [0.717, 1.165) is 11.3 Å². The first kappa shape index (κ1) is 14.1. The van der Waals surface area contributed by atoms with Crippen LogP contribution < -0.4 is 4.74 Å². The van der Waals surface area contributed by atoms with Crippen molar-refractivity contribution < 1.29 is 4.74 Å². The molecule has 1 aromatic carbocycles.